The van der Waals surface area contributed by atoms with E-state index in [1.165, 1.54) is 0 Å². The number of rotatable bonds is 4. The summed E-state index contributed by atoms with van der Waals surface area (Å²) in [6.45, 7) is 0. The monoisotopic (exact) mass is 291 g/mol. The molecular formula is C17H17N5. The number of pyridine rings is 1. The van der Waals surface area contributed by atoms with Crippen LogP contribution in [0.15, 0.2) is 66.9 Å². The lowest BCUT2D eigenvalue weighted by atomic mass is 10.2. The van der Waals surface area contributed by atoms with Gasteiger partial charge < -0.3 is 22.1 Å². The Balaban J connectivity index is 1.78. The molecule has 0 radical (unpaired) electrons. The summed E-state index contributed by atoms with van der Waals surface area (Å²) in [5.74, 6) is 0.736. The molecule has 2 aromatic carbocycles. The van der Waals surface area contributed by atoms with Crippen LogP contribution < -0.4 is 22.1 Å². The van der Waals surface area contributed by atoms with E-state index in [2.05, 4.69) is 15.6 Å². The SMILES string of the molecule is Nc1cccc(Nc2ccnc(Nc3cccc(N)c3)c2)c1. The van der Waals surface area contributed by atoms with Gasteiger partial charge in [-0.2, -0.15) is 0 Å². The number of benzene rings is 2. The largest absolute Gasteiger partial charge is 0.399 e. The lowest BCUT2D eigenvalue weighted by molar-refractivity contribution is 1.30. The normalized spacial score (nSPS) is 10.2. The first kappa shape index (κ1) is 13.8. The summed E-state index contributed by atoms with van der Waals surface area (Å²) in [5, 5.41) is 6.52. The highest BCUT2D eigenvalue weighted by atomic mass is 15.0. The number of nitrogens with zero attached hydrogens (tertiary/aromatic N) is 1. The first-order valence-electron chi connectivity index (χ1n) is 6.90. The number of nitrogens with two attached hydrogens (primary N) is 2. The minimum Gasteiger partial charge on any atom is -0.399 e. The van der Waals surface area contributed by atoms with Crippen LogP contribution >= 0.6 is 0 Å². The summed E-state index contributed by atoms with van der Waals surface area (Å²) in [6.07, 6.45) is 1.74. The number of aromatic nitrogens is 1. The smallest absolute Gasteiger partial charge is 0.132 e. The zero-order valence-corrected chi connectivity index (χ0v) is 12.0. The van der Waals surface area contributed by atoms with Crippen molar-refractivity contribution in [3.8, 4) is 0 Å². The van der Waals surface area contributed by atoms with Crippen LogP contribution in [-0.4, -0.2) is 4.98 Å². The van der Waals surface area contributed by atoms with E-state index in [1.54, 1.807) is 6.20 Å². The van der Waals surface area contributed by atoms with E-state index < -0.39 is 0 Å². The van der Waals surface area contributed by atoms with Gasteiger partial charge in [0.2, 0.25) is 0 Å². The number of anilines is 6. The number of nitrogen functional groups attached to an aromatic ring is 2. The molecule has 0 aliphatic carbocycles. The molecule has 0 saturated carbocycles. The molecule has 1 aromatic heterocycles. The summed E-state index contributed by atoms with van der Waals surface area (Å²) in [7, 11) is 0. The molecule has 0 atom stereocenters. The molecule has 3 aromatic rings. The van der Waals surface area contributed by atoms with Crippen LogP contribution in [0.4, 0.5) is 34.3 Å². The first-order chi connectivity index (χ1) is 10.7. The molecule has 6 N–H and O–H groups in total. The Morgan fingerprint density at radius 3 is 1.91 bits per heavy atom. The zero-order valence-electron chi connectivity index (χ0n) is 12.0. The maximum atomic E-state index is 5.78. The topological polar surface area (TPSA) is 89.0 Å². The van der Waals surface area contributed by atoms with Gasteiger partial charge in [0, 0.05) is 40.7 Å². The fourth-order valence-electron chi connectivity index (χ4n) is 2.12. The predicted molar refractivity (Wildman–Crippen MR) is 92.5 cm³/mol. The fraction of sp³-hybridized carbons (Fsp3) is 0. The fourth-order valence-corrected chi connectivity index (χ4v) is 2.12. The van der Waals surface area contributed by atoms with Gasteiger partial charge in [0.25, 0.3) is 0 Å². The van der Waals surface area contributed by atoms with Crippen LogP contribution in [0, 0.1) is 0 Å². The van der Waals surface area contributed by atoms with Crippen LogP contribution in [0.1, 0.15) is 0 Å². The van der Waals surface area contributed by atoms with Crippen molar-refractivity contribution in [3.63, 3.8) is 0 Å². The molecule has 0 spiro atoms. The van der Waals surface area contributed by atoms with Gasteiger partial charge in [0.05, 0.1) is 0 Å². The third-order valence-electron chi connectivity index (χ3n) is 3.09. The average molecular weight is 291 g/mol. The third kappa shape index (κ3) is 3.46. The summed E-state index contributed by atoms with van der Waals surface area (Å²) in [6, 6.07) is 19.0. The van der Waals surface area contributed by atoms with E-state index in [0.717, 1.165) is 28.6 Å². The van der Waals surface area contributed by atoms with Crippen molar-refractivity contribution in [1.82, 2.24) is 4.98 Å². The van der Waals surface area contributed by atoms with Gasteiger partial charge in [-0.15, -0.1) is 0 Å². The Morgan fingerprint density at radius 1 is 0.682 bits per heavy atom. The van der Waals surface area contributed by atoms with E-state index in [1.807, 2.05) is 60.7 Å². The highest BCUT2D eigenvalue weighted by molar-refractivity contribution is 5.68. The lowest BCUT2D eigenvalue weighted by Gasteiger charge is -2.10. The van der Waals surface area contributed by atoms with Crippen LogP contribution in [0.25, 0.3) is 0 Å². The summed E-state index contributed by atoms with van der Waals surface area (Å²) >= 11 is 0. The summed E-state index contributed by atoms with van der Waals surface area (Å²) in [4.78, 5) is 4.31. The molecule has 22 heavy (non-hydrogen) atoms. The molecular weight excluding hydrogens is 274 g/mol. The van der Waals surface area contributed by atoms with Crippen molar-refractivity contribution >= 4 is 34.3 Å². The Hall–Kier alpha value is -3.21. The average Bonchev–Trinajstić information content (AvgIpc) is 2.47. The van der Waals surface area contributed by atoms with Crippen molar-refractivity contribution in [1.29, 1.82) is 0 Å². The van der Waals surface area contributed by atoms with Gasteiger partial charge in [-0.05, 0) is 42.5 Å². The Morgan fingerprint density at radius 2 is 1.27 bits per heavy atom. The van der Waals surface area contributed by atoms with E-state index in [4.69, 9.17) is 11.5 Å². The van der Waals surface area contributed by atoms with Crippen molar-refractivity contribution < 1.29 is 0 Å². The molecule has 0 bridgehead atoms. The molecule has 110 valence electrons. The number of hydrogen-bond acceptors (Lipinski definition) is 5. The van der Waals surface area contributed by atoms with Gasteiger partial charge in [0.15, 0.2) is 0 Å². The molecule has 1 heterocycles. The zero-order chi connectivity index (χ0) is 15.4. The second-order valence-electron chi connectivity index (χ2n) is 4.93. The van der Waals surface area contributed by atoms with Gasteiger partial charge in [-0.1, -0.05) is 12.1 Å². The third-order valence-corrected chi connectivity index (χ3v) is 3.09. The molecule has 0 unspecified atom stereocenters. The van der Waals surface area contributed by atoms with E-state index in [9.17, 15) is 0 Å². The molecule has 5 heteroatoms. The van der Waals surface area contributed by atoms with E-state index in [0.29, 0.717) is 5.69 Å². The quantitative estimate of drug-likeness (QED) is 0.550. The highest BCUT2D eigenvalue weighted by Gasteiger charge is 2.00. The van der Waals surface area contributed by atoms with Gasteiger partial charge >= 0.3 is 0 Å². The number of nitrogens with one attached hydrogen (secondary N) is 2. The van der Waals surface area contributed by atoms with Crippen LogP contribution in [0.5, 0.6) is 0 Å². The Bertz CT molecular complexity index is 723. The minimum atomic E-state index is 0.707. The predicted octanol–water partition coefficient (Wildman–Crippen LogP) is 3.73. The van der Waals surface area contributed by atoms with Crippen LogP contribution in [-0.2, 0) is 0 Å². The molecule has 0 saturated heterocycles. The molecule has 3 rings (SSSR count). The maximum Gasteiger partial charge on any atom is 0.132 e. The van der Waals surface area contributed by atoms with Crippen molar-refractivity contribution in [3.05, 3.63) is 66.9 Å². The van der Waals surface area contributed by atoms with Gasteiger partial charge in [-0.3, -0.25) is 0 Å². The Kier molecular flexibility index (Phi) is 3.78. The second kappa shape index (κ2) is 6.05. The van der Waals surface area contributed by atoms with Crippen molar-refractivity contribution in [2.75, 3.05) is 22.1 Å². The Labute approximate surface area is 129 Å². The molecule has 0 amide bonds. The minimum absolute atomic E-state index is 0.707. The molecule has 5 nitrogen and oxygen atoms in total. The summed E-state index contributed by atoms with van der Waals surface area (Å²) < 4.78 is 0. The summed E-state index contributed by atoms with van der Waals surface area (Å²) in [5.41, 5.74) is 15.7. The first-order valence-corrected chi connectivity index (χ1v) is 6.90. The molecule has 0 aliphatic rings. The molecule has 0 fully saturated rings. The lowest BCUT2D eigenvalue weighted by Crippen LogP contribution is -1.97. The number of hydrogen-bond donors (Lipinski definition) is 4. The van der Waals surface area contributed by atoms with Crippen LogP contribution in [0.2, 0.25) is 0 Å². The highest BCUT2D eigenvalue weighted by Crippen LogP contribution is 2.22. The van der Waals surface area contributed by atoms with Gasteiger partial charge in [0.1, 0.15) is 5.82 Å². The second-order valence-corrected chi connectivity index (χ2v) is 4.93. The van der Waals surface area contributed by atoms with Crippen molar-refractivity contribution in [2.24, 2.45) is 0 Å². The van der Waals surface area contributed by atoms with Crippen molar-refractivity contribution in [2.45, 2.75) is 0 Å². The van der Waals surface area contributed by atoms with Crippen LogP contribution in [0.3, 0.4) is 0 Å². The standard InChI is InChI=1S/C17H17N5/c18-12-3-1-5-14(9-12)21-16-7-8-20-17(11-16)22-15-6-2-4-13(19)10-15/h1-11H,18-19H2,(H2,20,21,22). The van der Waals surface area contributed by atoms with E-state index in [-0.39, 0.29) is 0 Å². The maximum absolute atomic E-state index is 5.78. The van der Waals surface area contributed by atoms with Gasteiger partial charge in [-0.25, -0.2) is 4.98 Å². The van der Waals surface area contributed by atoms with E-state index >= 15 is 0 Å². The molecule has 0 aliphatic heterocycles.